The van der Waals surface area contributed by atoms with Crippen molar-refractivity contribution in [1.82, 2.24) is 9.80 Å². The second-order valence-corrected chi connectivity index (χ2v) is 10.0. The Balaban J connectivity index is 1.35. The molecule has 8 nitrogen and oxygen atoms in total. The fourth-order valence-corrected chi connectivity index (χ4v) is 5.68. The summed E-state index contributed by atoms with van der Waals surface area (Å²) in [7, 11) is 0. The maximum Gasteiger partial charge on any atom is 0.411 e. The smallest absolute Gasteiger partial charge is 0.411 e. The highest BCUT2D eigenvalue weighted by Gasteiger charge is 2.63. The number of halogens is 1. The van der Waals surface area contributed by atoms with Crippen LogP contribution in [0.2, 0.25) is 0 Å². The van der Waals surface area contributed by atoms with E-state index in [1.54, 1.807) is 52.3 Å². The van der Waals surface area contributed by atoms with Crippen LogP contribution in [0.25, 0.3) is 0 Å². The van der Waals surface area contributed by atoms with Crippen LogP contribution in [0.15, 0.2) is 78.9 Å². The predicted molar refractivity (Wildman–Crippen MR) is 141 cm³/mol. The van der Waals surface area contributed by atoms with Crippen molar-refractivity contribution in [3.63, 3.8) is 0 Å². The van der Waals surface area contributed by atoms with Gasteiger partial charge < -0.3 is 20.1 Å². The lowest BCUT2D eigenvalue weighted by molar-refractivity contribution is -0.139. The number of hydrogen-bond acceptors (Lipinski definition) is 5. The van der Waals surface area contributed by atoms with E-state index in [9.17, 15) is 18.8 Å². The number of primary amides is 1. The molecule has 3 aromatic rings. The van der Waals surface area contributed by atoms with Crippen LogP contribution in [0.5, 0.6) is 5.75 Å². The molecule has 2 heterocycles. The number of nitrogens with zero attached hydrogens (tertiary/aromatic N) is 2. The molecule has 0 aliphatic carbocycles. The molecule has 1 spiro atoms. The molecular formula is C30H30FN3O5. The van der Waals surface area contributed by atoms with E-state index in [2.05, 4.69) is 0 Å². The fraction of sp³-hybridized carbons (Fsp3) is 0.300. The van der Waals surface area contributed by atoms with E-state index in [1.165, 1.54) is 6.07 Å². The Morgan fingerprint density at radius 3 is 2.31 bits per heavy atom. The molecule has 2 aliphatic rings. The molecule has 0 saturated carbocycles. The Morgan fingerprint density at radius 1 is 0.974 bits per heavy atom. The molecule has 5 rings (SSSR count). The summed E-state index contributed by atoms with van der Waals surface area (Å²) in [6.07, 6.45) is 0.263. The van der Waals surface area contributed by atoms with Gasteiger partial charge in [0.05, 0.1) is 12.1 Å². The Kier molecular flexibility index (Phi) is 6.99. The number of likely N-dealkylation sites (tertiary alicyclic amines) is 1. The predicted octanol–water partition coefficient (Wildman–Crippen LogP) is 4.23. The molecule has 9 heteroatoms. The summed E-state index contributed by atoms with van der Waals surface area (Å²) < 4.78 is 26.4. The van der Waals surface area contributed by atoms with Crippen molar-refractivity contribution >= 4 is 17.9 Å². The first kappa shape index (κ1) is 26.2. The summed E-state index contributed by atoms with van der Waals surface area (Å²) in [6, 6.07) is 22.5. The van der Waals surface area contributed by atoms with Crippen molar-refractivity contribution < 1.29 is 28.2 Å². The largest absolute Gasteiger partial charge is 0.483 e. The minimum Gasteiger partial charge on any atom is -0.483 e. The van der Waals surface area contributed by atoms with E-state index in [1.807, 2.05) is 37.3 Å². The van der Waals surface area contributed by atoms with Gasteiger partial charge in [0.1, 0.15) is 22.7 Å². The van der Waals surface area contributed by atoms with Crippen molar-refractivity contribution in [3.8, 4) is 5.75 Å². The molecule has 0 radical (unpaired) electrons. The van der Waals surface area contributed by atoms with Gasteiger partial charge >= 0.3 is 6.09 Å². The van der Waals surface area contributed by atoms with Crippen LogP contribution in [-0.2, 0) is 21.6 Å². The van der Waals surface area contributed by atoms with Crippen molar-refractivity contribution in [2.24, 2.45) is 5.73 Å². The first-order valence-electron chi connectivity index (χ1n) is 12.8. The SMILES string of the molecule is CC1(c2ccccc2)N(Cc2ccccc2F)C(=O)OC12CCN(C(=O)COc1ccccc1C(N)=O)CC2. The number of nitrogens with two attached hydrogens (primary N) is 1. The van der Waals surface area contributed by atoms with Crippen LogP contribution in [0.1, 0.15) is 41.3 Å². The molecule has 2 aliphatic heterocycles. The standard InChI is InChI=1S/C30H30FN3O5/c1-29(22-10-3-2-4-11-22)30(39-28(37)34(29)19-21-9-5-7-13-24(21)31)15-17-33(18-16-30)26(35)20-38-25-14-8-6-12-23(25)27(32)36/h2-14H,15-20H2,1H3,(H2,32,36). The molecule has 1 atom stereocenters. The van der Waals surface area contributed by atoms with Gasteiger partial charge in [-0.1, -0.05) is 60.7 Å². The van der Waals surface area contributed by atoms with Crippen LogP contribution in [-0.4, -0.2) is 53.0 Å². The van der Waals surface area contributed by atoms with Crippen LogP contribution in [0.4, 0.5) is 9.18 Å². The molecule has 39 heavy (non-hydrogen) atoms. The third-order valence-corrected chi connectivity index (χ3v) is 7.98. The number of hydrogen-bond donors (Lipinski definition) is 1. The van der Waals surface area contributed by atoms with E-state index in [0.29, 0.717) is 31.5 Å². The average molecular weight is 532 g/mol. The third kappa shape index (κ3) is 4.69. The quantitative estimate of drug-likeness (QED) is 0.492. The normalized spacial score (nSPS) is 20.1. The third-order valence-electron chi connectivity index (χ3n) is 7.98. The van der Waals surface area contributed by atoms with Gasteiger partial charge in [0.25, 0.3) is 11.8 Å². The maximum absolute atomic E-state index is 14.6. The van der Waals surface area contributed by atoms with Gasteiger partial charge in [-0.2, -0.15) is 0 Å². The van der Waals surface area contributed by atoms with E-state index in [0.717, 1.165) is 5.56 Å². The highest BCUT2D eigenvalue weighted by Crippen LogP contribution is 2.52. The van der Waals surface area contributed by atoms with Crippen LogP contribution in [0, 0.1) is 5.82 Å². The first-order chi connectivity index (χ1) is 18.7. The fourth-order valence-electron chi connectivity index (χ4n) is 5.68. The number of ether oxygens (including phenoxy) is 2. The summed E-state index contributed by atoms with van der Waals surface area (Å²) in [5.74, 6) is -1.03. The van der Waals surface area contributed by atoms with Crippen molar-refractivity contribution in [2.45, 2.75) is 37.5 Å². The molecule has 0 aromatic heterocycles. The lowest BCUT2D eigenvalue weighted by Gasteiger charge is -2.48. The van der Waals surface area contributed by atoms with Gasteiger partial charge in [0, 0.05) is 31.5 Å². The summed E-state index contributed by atoms with van der Waals surface area (Å²) in [5.41, 5.74) is 5.05. The molecule has 2 N–H and O–H groups in total. The van der Waals surface area contributed by atoms with E-state index in [-0.39, 0.29) is 36.2 Å². The highest BCUT2D eigenvalue weighted by atomic mass is 19.1. The lowest BCUT2D eigenvalue weighted by Crippen LogP contribution is -2.59. The molecule has 2 fully saturated rings. The van der Waals surface area contributed by atoms with Crippen molar-refractivity contribution in [2.75, 3.05) is 19.7 Å². The monoisotopic (exact) mass is 531 g/mol. The van der Waals surface area contributed by atoms with Crippen LogP contribution in [0.3, 0.4) is 0 Å². The average Bonchev–Trinajstić information content (AvgIpc) is 3.15. The molecule has 0 bridgehead atoms. The minimum atomic E-state index is -0.924. The lowest BCUT2D eigenvalue weighted by atomic mass is 9.70. The number of carbonyl (C=O) groups excluding carboxylic acids is 3. The zero-order valence-electron chi connectivity index (χ0n) is 21.6. The number of rotatable bonds is 7. The first-order valence-corrected chi connectivity index (χ1v) is 12.8. The Labute approximate surface area is 226 Å². The van der Waals surface area contributed by atoms with Gasteiger partial charge in [-0.3, -0.25) is 14.5 Å². The second kappa shape index (κ2) is 10.4. The Hall–Kier alpha value is -4.40. The number of benzene rings is 3. The van der Waals surface area contributed by atoms with Crippen molar-refractivity contribution in [1.29, 1.82) is 0 Å². The topological polar surface area (TPSA) is 102 Å². The Bertz CT molecular complexity index is 1390. The zero-order chi connectivity index (χ0) is 27.6. The van der Waals surface area contributed by atoms with Gasteiger partial charge in [0.2, 0.25) is 0 Å². The van der Waals surface area contributed by atoms with E-state index < -0.39 is 23.1 Å². The van der Waals surface area contributed by atoms with Gasteiger partial charge in [-0.15, -0.1) is 0 Å². The molecular weight excluding hydrogens is 501 g/mol. The summed E-state index contributed by atoms with van der Waals surface area (Å²) in [6.45, 7) is 2.42. The highest BCUT2D eigenvalue weighted by molar-refractivity contribution is 5.95. The van der Waals surface area contributed by atoms with Gasteiger partial charge in [-0.25, -0.2) is 9.18 Å². The van der Waals surface area contributed by atoms with Gasteiger partial charge in [-0.05, 0) is 30.7 Å². The minimum absolute atomic E-state index is 0.0500. The molecule has 202 valence electrons. The second-order valence-electron chi connectivity index (χ2n) is 10.0. The molecule has 3 amide bonds. The number of carbonyl (C=O) groups is 3. The van der Waals surface area contributed by atoms with Crippen molar-refractivity contribution in [3.05, 3.63) is 101 Å². The van der Waals surface area contributed by atoms with Crippen LogP contribution < -0.4 is 10.5 Å². The molecule has 2 saturated heterocycles. The molecule has 3 aromatic carbocycles. The summed E-state index contributed by atoms with van der Waals surface area (Å²) >= 11 is 0. The van der Waals surface area contributed by atoms with Gasteiger partial charge in [0.15, 0.2) is 6.61 Å². The van der Waals surface area contributed by atoms with Crippen LogP contribution >= 0.6 is 0 Å². The number of para-hydroxylation sites is 1. The number of piperidine rings is 1. The zero-order valence-corrected chi connectivity index (χ0v) is 21.6. The number of amides is 3. The van der Waals surface area contributed by atoms with E-state index in [4.69, 9.17) is 15.2 Å². The van der Waals surface area contributed by atoms with E-state index >= 15 is 0 Å². The maximum atomic E-state index is 14.6. The molecule has 1 unspecified atom stereocenters. The summed E-state index contributed by atoms with van der Waals surface area (Å²) in [4.78, 5) is 41.3. The summed E-state index contributed by atoms with van der Waals surface area (Å²) in [5, 5.41) is 0. The Morgan fingerprint density at radius 2 is 1.62 bits per heavy atom.